The van der Waals surface area contributed by atoms with Crippen LogP contribution in [0.4, 0.5) is 4.39 Å². The first-order valence-electron chi connectivity index (χ1n) is 9.63. The first-order chi connectivity index (χ1) is 13.0. The van der Waals surface area contributed by atoms with Crippen LogP contribution < -0.4 is 0 Å². The molecule has 146 valence electrons. The van der Waals surface area contributed by atoms with Crippen molar-refractivity contribution in [2.45, 2.75) is 62.4 Å². The number of aromatic nitrogens is 3. The fourth-order valence-electron chi connectivity index (χ4n) is 3.70. The van der Waals surface area contributed by atoms with Crippen LogP contribution in [-0.2, 0) is 11.8 Å². The molecular weight excluding hydrogens is 363 g/mol. The summed E-state index contributed by atoms with van der Waals surface area (Å²) in [5.74, 6) is 0.551. The summed E-state index contributed by atoms with van der Waals surface area (Å²) < 4.78 is 15.0. The molecule has 1 amide bonds. The summed E-state index contributed by atoms with van der Waals surface area (Å²) in [6.07, 6.45) is 5.91. The highest BCUT2D eigenvalue weighted by molar-refractivity contribution is 8.00. The third-order valence-electron chi connectivity index (χ3n) is 5.21. The van der Waals surface area contributed by atoms with E-state index < -0.39 is 0 Å². The number of rotatable bonds is 6. The van der Waals surface area contributed by atoms with Gasteiger partial charge in [0, 0.05) is 25.2 Å². The van der Waals surface area contributed by atoms with E-state index in [2.05, 4.69) is 17.1 Å². The number of benzene rings is 1. The fraction of sp³-hybridized carbons (Fsp3) is 0.550. The van der Waals surface area contributed by atoms with Crippen LogP contribution in [0.25, 0.3) is 11.4 Å². The molecule has 1 fully saturated rings. The zero-order valence-electron chi connectivity index (χ0n) is 16.2. The lowest BCUT2D eigenvalue weighted by atomic mass is 9.94. The smallest absolute Gasteiger partial charge is 0.236 e. The van der Waals surface area contributed by atoms with Crippen LogP contribution in [0.5, 0.6) is 0 Å². The predicted molar refractivity (Wildman–Crippen MR) is 106 cm³/mol. The molecule has 1 heterocycles. The van der Waals surface area contributed by atoms with Crippen molar-refractivity contribution >= 4 is 17.7 Å². The average molecular weight is 391 g/mol. The Hall–Kier alpha value is -1.89. The second-order valence-corrected chi connectivity index (χ2v) is 8.36. The van der Waals surface area contributed by atoms with E-state index in [4.69, 9.17) is 0 Å². The molecule has 0 saturated heterocycles. The van der Waals surface area contributed by atoms with E-state index in [1.54, 1.807) is 12.1 Å². The van der Waals surface area contributed by atoms with E-state index in [9.17, 15) is 9.18 Å². The average Bonchev–Trinajstić information content (AvgIpc) is 3.04. The van der Waals surface area contributed by atoms with Crippen molar-refractivity contribution in [2.75, 3.05) is 6.54 Å². The largest absolute Gasteiger partial charge is 0.339 e. The summed E-state index contributed by atoms with van der Waals surface area (Å²) in [5, 5.41) is 8.94. The van der Waals surface area contributed by atoms with Crippen molar-refractivity contribution in [3.63, 3.8) is 0 Å². The van der Waals surface area contributed by atoms with Gasteiger partial charge >= 0.3 is 0 Å². The Balaban J connectivity index is 1.70. The van der Waals surface area contributed by atoms with Crippen molar-refractivity contribution < 1.29 is 9.18 Å². The highest BCUT2D eigenvalue weighted by atomic mass is 32.2. The molecule has 0 radical (unpaired) electrons. The monoisotopic (exact) mass is 390 g/mol. The van der Waals surface area contributed by atoms with Crippen LogP contribution in [0, 0.1) is 5.82 Å². The SMILES string of the molecule is CCN(C(=O)[C@@H](C)Sc1nnc(-c2ccc(F)cc2)n1C)C1CCCCC1. The molecule has 1 aliphatic carbocycles. The highest BCUT2D eigenvalue weighted by Crippen LogP contribution is 2.29. The van der Waals surface area contributed by atoms with Crippen LogP contribution in [0.1, 0.15) is 46.0 Å². The van der Waals surface area contributed by atoms with Crippen LogP contribution >= 0.6 is 11.8 Å². The van der Waals surface area contributed by atoms with Crippen molar-refractivity contribution in [1.82, 2.24) is 19.7 Å². The first-order valence-corrected chi connectivity index (χ1v) is 10.5. The van der Waals surface area contributed by atoms with E-state index >= 15 is 0 Å². The quantitative estimate of drug-likeness (QED) is 0.691. The second-order valence-electron chi connectivity index (χ2n) is 7.05. The molecule has 1 aromatic carbocycles. The van der Waals surface area contributed by atoms with Crippen molar-refractivity contribution in [3.8, 4) is 11.4 Å². The summed E-state index contributed by atoms with van der Waals surface area (Å²) in [7, 11) is 1.87. The molecule has 7 heteroatoms. The standard InChI is InChI=1S/C20H27FN4OS/c1-4-25(17-8-6-5-7-9-17)19(26)14(2)27-20-23-22-18(24(20)3)15-10-12-16(21)13-11-15/h10-14,17H,4-9H2,1-3H3/t14-/m1/s1. The van der Waals surface area contributed by atoms with Gasteiger partial charge in [-0.05, 0) is 51.0 Å². The molecule has 1 aromatic heterocycles. The number of hydrogen-bond donors (Lipinski definition) is 0. The van der Waals surface area contributed by atoms with Crippen molar-refractivity contribution in [2.24, 2.45) is 7.05 Å². The van der Waals surface area contributed by atoms with Gasteiger partial charge in [0.05, 0.1) is 5.25 Å². The Labute approximate surface area is 164 Å². The Morgan fingerprint density at radius 3 is 2.56 bits per heavy atom. The Bertz CT molecular complexity index is 771. The van der Waals surface area contributed by atoms with Gasteiger partial charge in [0.2, 0.25) is 5.91 Å². The van der Waals surface area contributed by atoms with Crippen molar-refractivity contribution in [1.29, 1.82) is 0 Å². The van der Waals surface area contributed by atoms with Crippen LogP contribution in [-0.4, -0.2) is 43.4 Å². The lowest BCUT2D eigenvalue weighted by Gasteiger charge is -2.35. The fourth-order valence-corrected chi connectivity index (χ4v) is 4.58. The minimum Gasteiger partial charge on any atom is -0.339 e. The molecular formula is C20H27FN4OS. The third kappa shape index (κ3) is 4.51. The molecule has 1 aliphatic rings. The summed E-state index contributed by atoms with van der Waals surface area (Å²) in [5.41, 5.74) is 0.801. The van der Waals surface area contributed by atoms with Gasteiger partial charge in [-0.25, -0.2) is 4.39 Å². The number of nitrogens with zero attached hydrogens (tertiary/aromatic N) is 4. The van der Waals surface area contributed by atoms with E-state index in [0.717, 1.165) is 24.9 Å². The summed E-state index contributed by atoms with van der Waals surface area (Å²) in [4.78, 5) is 15.0. The zero-order valence-corrected chi connectivity index (χ0v) is 17.0. The number of carbonyl (C=O) groups is 1. The molecule has 5 nitrogen and oxygen atoms in total. The van der Waals surface area contributed by atoms with Gasteiger partial charge in [0.25, 0.3) is 0 Å². The Morgan fingerprint density at radius 2 is 1.93 bits per heavy atom. The van der Waals surface area contributed by atoms with E-state index in [1.165, 1.54) is 43.2 Å². The third-order valence-corrected chi connectivity index (χ3v) is 6.33. The number of halogens is 1. The van der Waals surface area contributed by atoms with E-state index in [0.29, 0.717) is 17.0 Å². The van der Waals surface area contributed by atoms with Gasteiger partial charge in [0.1, 0.15) is 5.82 Å². The van der Waals surface area contributed by atoms with Crippen LogP contribution in [0.15, 0.2) is 29.4 Å². The van der Waals surface area contributed by atoms with Gasteiger partial charge < -0.3 is 9.47 Å². The predicted octanol–water partition coefficient (Wildman–Crippen LogP) is 4.28. The minimum absolute atomic E-state index is 0.167. The molecule has 27 heavy (non-hydrogen) atoms. The molecule has 2 aromatic rings. The number of hydrogen-bond acceptors (Lipinski definition) is 4. The van der Waals surface area contributed by atoms with Gasteiger partial charge in [-0.2, -0.15) is 0 Å². The maximum Gasteiger partial charge on any atom is 0.236 e. The zero-order chi connectivity index (χ0) is 19.4. The molecule has 0 unspecified atom stereocenters. The Morgan fingerprint density at radius 1 is 1.26 bits per heavy atom. The number of amides is 1. The Kier molecular flexibility index (Phi) is 6.52. The van der Waals surface area contributed by atoms with E-state index in [1.807, 2.05) is 23.4 Å². The molecule has 0 N–H and O–H groups in total. The molecule has 1 saturated carbocycles. The second kappa shape index (κ2) is 8.87. The van der Waals surface area contributed by atoms with Gasteiger partial charge in [-0.15, -0.1) is 10.2 Å². The number of thioether (sulfide) groups is 1. The molecule has 0 bridgehead atoms. The topological polar surface area (TPSA) is 51.0 Å². The molecule has 3 rings (SSSR count). The maximum absolute atomic E-state index is 13.1. The van der Waals surface area contributed by atoms with Gasteiger partial charge in [-0.1, -0.05) is 31.0 Å². The lowest BCUT2D eigenvalue weighted by Crippen LogP contribution is -2.44. The van der Waals surface area contributed by atoms with Gasteiger partial charge in [-0.3, -0.25) is 4.79 Å². The molecule has 1 atom stereocenters. The van der Waals surface area contributed by atoms with Crippen LogP contribution in [0.2, 0.25) is 0 Å². The summed E-state index contributed by atoms with van der Waals surface area (Å²) in [6.45, 7) is 4.73. The van der Waals surface area contributed by atoms with E-state index in [-0.39, 0.29) is 17.0 Å². The number of carbonyl (C=O) groups excluding carboxylic acids is 1. The highest BCUT2D eigenvalue weighted by Gasteiger charge is 2.29. The first kappa shape index (κ1) is 19.9. The summed E-state index contributed by atoms with van der Waals surface area (Å²) >= 11 is 1.43. The van der Waals surface area contributed by atoms with Gasteiger partial charge in [0.15, 0.2) is 11.0 Å². The maximum atomic E-state index is 13.1. The minimum atomic E-state index is -0.280. The molecule has 0 aliphatic heterocycles. The van der Waals surface area contributed by atoms with Crippen LogP contribution in [0.3, 0.4) is 0 Å². The summed E-state index contributed by atoms with van der Waals surface area (Å²) in [6, 6.07) is 6.56. The lowest BCUT2D eigenvalue weighted by molar-refractivity contribution is -0.133. The van der Waals surface area contributed by atoms with Crippen molar-refractivity contribution in [3.05, 3.63) is 30.1 Å². The molecule has 0 spiro atoms. The normalized spacial score (nSPS) is 16.3.